The molecule has 1 aromatic heterocycles. The van der Waals surface area contributed by atoms with Crippen molar-refractivity contribution in [3.8, 4) is 0 Å². The number of nitrogens with zero attached hydrogens (tertiary/aromatic N) is 3. The number of hydrogen-bond acceptors (Lipinski definition) is 3. The molecular weight excluding hydrogens is 336 g/mol. The van der Waals surface area contributed by atoms with Crippen LogP contribution in [0.25, 0.3) is 0 Å². The summed E-state index contributed by atoms with van der Waals surface area (Å²) in [6, 6.07) is 12.4. The summed E-state index contributed by atoms with van der Waals surface area (Å²) in [4.78, 5) is 14.8. The van der Waals surface area contributed by atoms with Crippen LogP contribution < -0.4 is 5.73 Å². The van der Waals surface area contributed by atoms with Gasteiger partial charge in [-0.2, -0.15) is 5.10 Å². The van der Waals surface area contributed by atoms with Gasteiger partial charge in [0.1, 0.15) is 0 Å². The molecule has 1 amide bonds. The lowest BCUT2D eigenvalue weighted by atomic mass is 9.89. The Morgan fingerprint density at radius 1 is 1.24 bits per heavy atom. The third kappa shape index (κ3) is 3.44. The molecule has 1 aliphatic carbocycles. The number of aryl methyl sites for hydroxylation is 1. The Hall–Kier alpha value is -1.85. The highest BCUT2D eigenvalue weighted by atomic mass is 35.5. The van der Waals surface area contributed by atoms with E-state index in [2.05, 4.69) is 17.2 Å². The highest BCUT2D eigenvalue weighted by molar-refractivity contribution is 5.92. The van der Waals surface area contributed by atoms with E-state index in [0.29, 0.717) is 36.5 Å². The van der Waals surface area contributed by atoms with E-state index in [0.717, 1.165) is 6.54 Å². The first-order valence-corrected chi connectivity index (χ1v) is 8.75. The second-order valence-electron chi connectivity index (χ2n) is 7.08. The second-order valence-corrected chi connectivity index (χ2v) is 7.08. The maximum Gasteiger partial charge on any atom is 0.274 e. The maximum absolute atomic E-state index is 12.9. The maximum atomic E-state index is 12.9. The smallest absolute Gasteiger partial charge is 0.274 e. The number of hydrogen-bond donors (Lipinski definition) is 1. The molecule has 0 unspecified atom stereocenters. The largest absolute Gasteiger partial charge is 0.336 e. The molecule has 2 fully saturated rings. The summed E-state index contributed by atoms with van der Waals surface area (Å²) >= 11 is 0. The summed E-state index contributed by atoms with van der Waals surface area (Å²) in [6.07, 6.45) is 2.42. The van der Waals surface area contributed by atoms with Crippen LogP contribution >= 0.6 is 12.4 Å². The molecule has 4 rings (SSSR count). The minimum Gasteiger partial charge on any atom is -0.336 e. The molecule has 2 aromatic rings. The van der Waals surface area contributed by atoms with Gasteiger partial charge >= 0.3 is 0 Å². The predicted octanol–water partition coefficient (Wildman–Crippen LogP) is 2.53. The topological polar surface area (TPSA) is 64.2 Å². The standard InChI is InChI=1S/C19H24N4O.ClH/c1-22-18(14-7-8-14)9-17(21-22)19(24)23-11-15(10-20)16(12-23)13-5-3-2-4-6-13;/h2-6,9,14-16H,7-8,10-12,20H2,1H3;1H/t15-,16+;/m1./s1. The van der Waals surface area contributed by atoms with E-state index >= 15 is 0 Å². The second kappa shape index (κ2) is 7.18. The fourth-order valence-corrected chi connectivity index (χ4v) is 3.86. The van der Waals surface area contributed by atoms with Gasteiger partial charge in [-0.15, -0.1) is 12.4 Å². The Morgan fingerprint density at radius 3 is 2.60 bits per heavy atom. The molecule has 1 saturated carbocycles. The van der Waals surface area contributed by atoms with Crippen molar-refractivity contribution in [2.45, 2.75) is 24.7 Å². The van der Waals surface area contributed by atoms with Crippen LogP contribution in [0.15, 0.2) is 36.4 Å². The van der Waals surface area contributed by atoms with Crippen molar-refractivity contribution in [2.75, 3.05) is 19.6 Å². The minimum atomic E-state index is 0. The van der Waals surface area contributed by atoms with Gasteiger partial charge in [-0.1, -0.05) is 30.3 Å². The van der Waals surface area contributed by atoms with Gasteiger partial charge in [-0.3, -0.25) is 9.48 Å². The summed E-state index contributed by atoms with van der Waals surface area (Å²) in [5.74, 6) is 1.25. The molecule has 5 nitrogen and oxygen atoms in total. The molecule has 6 heteroatoms. The number of likely N-dealkylation sites (tertiary alicyclic amines) is 1. The number of carbonyl (C=O) groups excluding carboxylic acids is 1. The fourth-order valence-electron chi connectivity index (χ4n) is 3.86. The summed E-state index contributed by atoms with van der Waals surface area (Å²) in [6.45, 7) is 2.03. The fraction of sp³-hybridized carbons (Fsp3) is 0.474. The van der Waals surface area contributed by atoms with Crippen molar-refractivity contribution >= 4 is 18.3 Å². The van der Waals surface area contributed by atoms with E-state index in [-0.39, 0.29) is 18.3 Å². The number of benzene rings is 1. The number of rotatable bonds is 4. The number of carbonyl (C=O) groups is 1. The van der Waals surface area contributed by atoms with E-state index < -0.39 is 0 Å². The van der Waals surface area contributed by atoms with Gasteiger partial charge in [-0.05, 0) is 36.9 Å². The Bertz CT molecular complexity index is 741. The molecular formula is C19H25ClN4O. The van der Waals surface area contributed by atoms with Crippen LogP contribution in [0.2, 0.25) is 0 Å². The third-order valence-corrected chi connectivity index (χ3v) is 5.39. The average molecular weight is 361 g/mol. The first-order valence-electron chi connectivity index (χ1n) is 8.75. The van der Waals surface area contributed by atoms with Crippen LogP contribution in [0.3, 0.4) is 0 Å². The monoisotopic (exact) mass is 360 g/mol. The van der Waals surface area contributed by atoms with Crippen LogP contribution in [0, 0.1) is 5.92 Å². The predicted molar refractivity (Wildman–Crippen MR) is 100 cm³/mol. The van der Waals surface area contributed by atoms with E-state index in [1.54, 1.807) is 0 Å². The Morgan fingerprint density at radius 2 is 1.96 bits per heavy atom. The van der Waals surface area contributed by atoms with Crippen LogP contribution in [0.4, 0.5) is 0 Å². The molecule has 0 spiro atoms. The van der Waals surface area contributed by atoms with Crippen molar-refractivity contribution in [1.29, 1.82) is 0 Å². The lowest BCUT2D eigenvalue weighted by Gasteiger charge is -2.16. The molecule has 0 bridgehead atoms. The van der Waals surface area contributed by atoms with E-state index in [9.17, 15) is 4.79 Å². The highest BCUT2D eigenvalue weighted by Crippen LogP contribution is 2.40. The van der Waals surface area contributed by atoms with Crippen LogP contribution in [0.5, 0.6) is 0 Å². The molecule has 0 radical (unpaired) electrons. The first kappa shape index (κ1) is 18.0. The Balaban J connectivity index is 0.00000182. The Kier molecular flexibility index (Phi) is 5.16. The van der Waals surface area contributed by atoms with E-state index in [4.69, 9.17) is 5.73 Å². The molecule has 25 heavy (non-hydrogen) atoms. The SMILES string of the molecule is Cl.Cn1nc(C(=O)N2C[C@@H](CN)[C@H](c3ccccc3)C2)cc1C1CC1. The lowest BCUT2D eigenvalue weighted by Crippen LogP contribution is -2.30. The van der Waals surface area contributed by atoms with Crippen molar-refractivity contribution < 1.29 is 4.79 Å². The average Bonchev–Trinajstić information content (AvgIpc) is 3.24. The molecule has 2 aliphatic rings. The summed E-state index contributed by atoms with van der Waals surface area (Å²) < 4.78 is 1.87. The summed E-state index contributed by atoms with van der Waals surface area (Å²) in [7, 11) is 1.93. The highest BCUT2D eigenvalue weighted by Gasteiger charge is 2.37. The molecule has 2 N–H and O–H groups in total. The molecule has 2 heterocycles. The Labute approximate surface area is 154 Å². The van der Waals surface area contributed by atoms with Crippen molar-refractivity contribution in [3.05, 3.63) is 53.3 Å². The van der Waals surface area contributed by atoms with Crippen LogP contribution in [-0.2, 0) is 7.05 Å². The van der Waals surface area contributed by atoms with Crippen LogP contribution in [-0.4, -0.2) is 40.2 Å². The summed E-state index contributed by atoms with van der Waals surface area (Å²) in [5.41, 5.74) is 9.01. The van der Waals surface area contributed by atoms with Gasteiger partial charge in [0.25, 0.3) is 5.91 Å². The minimum absolute atomic E-state index is 0. The first-order chi connectivity index (χ1) is 11.7. The van der Waals surface area contributed by atoms with Crippen molar-refractivity contribution in [2.24, 2.45) is 18.7 Å². The molecule has 1 aliphatic heterocycles. The zero-order chi connectivity index (χ0) is 16.7. The number of amides is 1. The zero-order valence-electron chi connectivity index (χ0n) is 14.5. The molecule has 2 atom stereocenters. The zero-order valence-corrected chi connectivity index (χ0v) is 15.3. The van der Waals surface area contributed by atoms with Gasteiger partial charge in [0, 0.05) is 37.7 Å². The summed E-state index contributed by atoms with van der Waals surface area (Å²) in [5, 5.41) is 4.46. The van der Waals surface area contributed by atoms with Crippen molar-refractivity contribution in [3.63, 3.8) is 0 Å². The molecule has 134 valence electrons. The normalized spacial score (nSPS) is 22.7. The van der Waals surface area contributed by atoms with E-state index in [1.165, 1.54) is 24.1 Å². The molecule has 1 saturated heterocycles. The van der Waals surface area contributed by atoms with Gasteiger partial charge in [0.2, 0.25) is 0 Å². The third-order valence-electron chi connectivity index (χ3n) is 5.39. The number of nitrogens with two attached hydrogens (primary N) is 1. The van der Waals surface area contributed by atoms with E-state index in [1.807, 2.05) is 40.9 Å². The van der Waals surface area contributed by atoms with Gasteiger partial charge in [0.05, 0.1) is 0 Å². The number of halogens is 1. The van der Waals surface area contributed by atoms with Gasteiger partial charge < -0.3 is 10.6 Å². The van der Waals surface area contributed by atoms with Crippen LogP contribution in [0.1, 0.15) is 46.4 Å². The van der Waals surface area contributed by atoms with Crippen molar-refractivity contribution in [1.82, 2.24) is 14.7 Å². The number of aromatic nitrogens is 2. The lowest BCUT2D eigenvalue weighted by molar-refractivity contribution is 0.0780. The molecule has 1 aromatic carbocycles. The van der Waals surface area contributed by atoms with Gasteiger partial charge in [0.15, 0.2) is 5.69 Å². The van der Waals surface area contributed by atoms with Gasteiger partial charge in [-0.25, -0.2) is 0 Å². The quantitative estimate of drug-likeness (QED) is 0.911.